The van der Waals surface area contributed by atoms with E-state index in [0.29, 0.717) is 28.6 Å². The fraction of sp³-hybridized carbons (Fsp3) is 0.211. The molecule has 26 heavy (non-hydrogen) atoms. The van der Waals surface area contributed by atoms with Crippen LogP contribution in [0.5, 0.6) is 11.5 Å². The molecule has 7 heteroatoms. The minimum absolute atomic E-state index is 0.0944. The average molecular weight is 367 g/mol. The van der Waals surface area contributed by atoms with Gasteiger partial charge in [0.25, 0.3) is 5.91 Å². The van der Waals surface area contributed by atoms with E-state index >= 15 is 0 Å². The maximum atomic E-state index is 13.1. The Kier molecular flexibility index (Phi) is 4.30. The second-order valence-corrected chi connectivity index (χ2v) is 6.95. The number of anilines is 1. The van der Waals surface area contributed by atoms with Crippen LogP contribution in [0.15, 0.2) is 48.8 Å². The van der Waals surface area contributed by atoms with Crippen LogP contribution in [0.4, 0.5) is 5.69 Å². The van der Waals surface area contributed by atoms with Gasteiger partial charge < -0.3 is 14.4 Å². The number of benzene rings is 1. The summed E-state index contributed by atoms with van der Waals surface area (Å²) in [4.78, 5) is 24.1. The standard InChI is InChI=1S/C19H17N3O3S/c1-12-11-22(15-9-13(24-2)6-7-16(15)25-12)19(23)17-10-21-18(26-17)14-5-3-4-8-20-14/h3-10,12H,11H2,1-2H3/t12-/m1/s1. The fourth-order valence-electron chi connectivity index (χ4n) is 2.85. The lowest BCUT2D eigenvalue weighted by Gasteiger charge is -2.33. The van der Waals surface area contributed by atoms with Gasteiger partial charge in [0.1, 0.15) is 27.5 Å². The molecule has 1 aliphatic rings. The zero-order valence-corrected chi connectivity index (χ0v) is 15.2. The van der Waals surface area contributed by atoms with Gasteiger partial charge in [0.2, 0.25) is 0 Å². The van der Waals surface area contributed by atoms with Crippen molar-refractivity contribution in [2.75, 3.05) is 18.6 Å². The molecular formula is C19H17N3O3S. The number of aromatic nitrogens is 2. The van der Waals surface area contributed by atoms with Crippen molar-refractivity contribution in [1.29, 1.82) is 0 Å². The molecule has 6 nitrogen and oxygen atoms in total. The van der Waals surface area contributed by atoms with Gasteiger partial charge in [0, 0.05) is 12.3 Å². The van der Waals surface area contributed by atoms with E-state index in [1.807, 2.05) is 43.3 Å². The zero-order valence-electron chi connectivity index (χ0n) is 14.4. The Bertz CT molecular complexity index is 942. The maximum Gasteiger partial charge on any atom is 0.270 e. The molecule has 0 saturated carbocycles. The highest BCUT2D eigenvalue weighted by Gasteiger charge is 2.30. The number of hydrogen-bond acceptors (Lipinski definition) is 6. The van der Waals surface area contributed by atoms with E-state index < -0.39 is 0 Å². The third-order valence-electron chi connectivity index (χ3n) is 4.07. The van der Waals surface area contributed by atoms with Crippen molar-refractivity contribution in [3.05, 3.63) is 53.7 Å². The zero-order chi connectivity index (χ0) is 18.1. The van der Waals surface area contributed by atoms with Gasteiger partial charge in [-0.15, -0.1) is 11.3 Å². The van der Waals surface area contributed by atoms with Gasteiger partial charge >= 0.3 is 0 Å². The molecular weight excluding hydrogens is 350 g/mol. The number of ether oxygens (including phenoxy) is 2. The molecule has 4 rings (SSSR count). The SMILES string of the molecule is COc1ccc2c(c1)N(C(=O)c1cnc(-c3ccccn3)s1)C[C@@H](C)O2. The lowest BCUT2D eigenvalue weighted by molar-refractivity contribution is 0.0964. The number of carbonyl (C=O) groups excluding carboxylic acids is 1. The molecule has 2 aromatic heterocycles. The van der Waals surface area contributed by atoms with Gasteiger partial charge in [-0.05, 0) is 31.2 Å². The lowest BCUT2D eigenvalue weighted by Crippen LogP contribution is -2.42. The molecule has 0 aliphatic carbocycles. The van der Waals surface area contributed by atoms with E-state index in [1.165, 1.54) is 11.3 Å². The van der Waals surface area contributed by atoms with Gasteiger partial charge in [-0.3, -0.25) is 9.78 Å². The number of thiazole rings is 1. The van der Waals surface area contributed by atoms with Crippen molar-refractivity contribution in [3.8, 4) is 22.2 Å². The van der Waals surface area contributed by atoms with Crippen LogP contribution in [-0.2, 0) is 0 Å². The van der Waals surface area contributed by atoms with Gasteiger partial charge in [-0.2, -0.15) is 0 Å². The number of methoxy groups -OCH3 is 1. The third kappa shape index (κ3) is 3.01. The van der Waals surface area contributed by atoms with Crippen molar-refractivity contribution in [3.63, 3.8) is 0 Å². The number of carbonyl (C=O) groups is 1. The molecule has 0 spiro atoms. The quantitative estimate of drug-likeness (QED) is 0.707. The predicted molar refractivity (Wildman–Crippen MR) is 100 cm³/mol. The summed E-state index contributed by atoms with van der Waals surface area (Å²) in [5, 5.41) is 0.723. The second kappa shape index (κ2) is 6.76. The van der Waals surface area contributed by atoms with Crippen molar-refractivity contribution >= 4 is 22.9 Å². The Morgan fingerprint density at radius 3 is 2.96 bits per heavy atom. The summed E-state index contributed by atoms with van der Waals surface area (Å²) in [6, 6.07) is 11.1. The summed E-state index contributed by atoms with van der Waals surface area (Å²) < 4.78 is 11.1. The number of nitrogens with zero attached hydrogens (tertiary/aromatic N) is 3. The van der Waals surface area contributed by atoms with Gasteiger partial charge in [-0.1, -0.05) is 6.07 Å². The number of fused-ring (bicyclic) bond motifs is 1. The van der Waals surface area contributed by atoms with Gasteiger partial charge in [0.15, 0.2) is 0 Å². The smallest absolute Gasteiger partial charge is 0.270 e. The fourth-order valence-corrected chi connectivity index (χ4v) is 3.69. The topological polar surface area (TPSA) is 64.5 Å². The van der Waals surface area contributed by atoms with E-state index in [0.717, 1.165) is 10.7 Å². The molecule has 3 aromatic rings. The molecule has 1 atom stereocenters. The Labute approximate surface area is 155 Å². The molecule has 0 saturated heterocycles. The highest BCUT2D eigenvalue weighted by atomic mass is 32.1. The summed E-state index contributed by atoms with van der Waals surface area (Å²) in [7, 11) is 1.60. The van der Waals surface area contributed by atoms with Gasteiger partial charge in [-0.25, -0.2) is 4.98 Å². The summed E-state index contributed by atoms with van der Waals surface area (Å²) in [5.41, 5.74) is 1.47. The first-order valence-electron chi connectivity index (χ1n) is 8.19. The van der Waals surface area contributed by atoms with E-state index in [2.05, 4.69) is 9.97 Å². The Morgan fingerprint density at radius 1 is 1.31 bits per heavy atom. The molecule has 0 fully saturated rings. The first-order chi connectivity index (χ1) is 12.7. The van der Waals surface area contributed by atoms with Crippen molar-refractivity contribution in [1.82, 2.24) is 9.97 Å². The molecule has 1 amide bonds. The van der Waals surface area contributed by atoms with Crippen molar-refractivity contribution in [2.45, 2.75) is 13.0 Å². The van der Waals surface area contributed by atoms with Crippen LogP contribution in [0.25, 0.3) is 10.7 Å². The van der Waals surface area contributed by atoms with Crippen molar-refractivity contribution in [2.24, 2.45) is 0 Å². The number of pyridine rings is 1. The molecule has 132 valence electrons. The van der Waals surface area contributed by atoms with Crippen LogP contribution in [-0.4, -0.2) is 35.6 Å². The van der Waals surface area contributed by atoms with Crippen LogP contribution in [0, 0.1) is 0 Å². The molecule has 0 bridgehead atoms. The summed E-state index contributed by atoms with van der Waals surface area (Å²) in [5.74, 6) is 1.25. The first kappa shape index (κ1) is 16.5. The maximum absolute atomic E-state index is 13.1. The second-order valence-electron chi connectivity index (χ2n) is 5.92. The molecule has 1 aromatic carbocycles. The average Bonchev–Trinajstić information content (AvgIpc) is 3.17. The molecule has 3 heterocycles. The number of rotatable bonds is 3. The van der Waals surface area contributed by atoms with Crippen LogP contribution in [0.1, 0.15) is 16.6 Å². The summed E-state index contributed by atoms with van der Waals surface area (Å²) >= 11 is 1.34. The van der Waals surface area contributed by atoms with Crippen LogP contribution in [0.3, 0.4) is 0 Å². The van der Waals surface area contributed by atoms with Crippen LogP contribution in [0.2, 0.25) is 0 Å². The highest BCUT2D eigenvalue weighted by Crippen LogP contribution is 2.38. The summed E-state index contributed by atoms with van der Waals surface area (Å²) in [6.07, 6.45) is 3.23. The normalized spacial score (nSPS) is 15.9. The minimum Gasteiger partial charge on any atom is -0.497 e. The molecule has 0 unspecified atom stereocenters. The number of hydrogen-bond donors (Lipinski definition) is 0. The number of amides is 1. The third-order valence-corrected chi connectivity index (χ3v) is 5.08. The first-order valence-corrected chi connectivity index (χ1v) is 9.01. The van der Waals surface area contributed by atoms with E-state index in [-0.39, 0.29) is 12.0 Å². The van der Waals surface area contributed by atoms with E-state index in [4.69, 9.17) is 9.47 Å². The molecule has 0 radical (unpaired) electrons. The van der Waals surface area contributed by atoms with Crippen LogP contribution < -0.4 is 14.4 Å². The summed E-state index contributed by atoms with van der Waals surface area (Å²) in [6.45, 7) is 2.41. The minimum atomic E-state index is -0.102. The monoisotopic (exact) mass is 367 g/mol. The van der Waals surface area contributed by atoms with Crippen LogP contribution >= 0.6 is 11.3 Å². The molecule has 0 N–H and O–H groups in total. The van der Waals surface area contributed by atoms with E-state index in [1.54, 1.807) is 24.4 Å². The highest BCUT2D eigenvalue weighted by molar-refractivity contribution is 7.17. The van der Waals surface area contributed by atoms with Crippen molar-refractivity contribution < 1.29 is 14.3 Å². The Hall–Kier alpha value is -2.93. The predicted octanol–water partition coefficient (Wildman–Crippen LogP) is 3.64. The lowest BCUT2D eigenvalue weighted by atomic mass is 10.2. The largest absolute Gasteiger partial charge is 0.497 e. The Balaban J connectivity index is 1.68. The Morgan fingerprint density at radius 2 is 2.19 bits per heavy atom. The van der Waals surface area contributed by atoms with Gasteiger partial charge in [0.05, 0.1) is 31.2 Å². The van der Waals surface area contributed by atoms with E-state index in [9.17, 15) is 4.79 Å². The molecule has 1 aliphatic heterocycles.